The molecule has 0 amide bonds. The molecule has 0 aromatic carbocycles. The van der Waals surface area contributed by atoms with Crippen molar-refractivity contribution in [2.24, 2.45) is 10.8 Å². The van der Waals surface area contributed by atoms with E-state index < -0.39 is 0 Å². The van der Waals surface area contributed by atoms with Crippen molar-refractivity contribution in [3.8, 4) is 0 Å². The third-order valence-electron chi connectivity index (χ3n) is 2.94. The van der Waals surface area contributed by atoms with Gasteiger partial charge in [-0.25, -0.2) is 0 Å². The van der Waals surface area contributed by atoms with Crippen LogP contribution in [0.1, 0.15) is 40.5 Å². The van der Waals surface area contributed by atoms with Gasteiger partial charge in [-0.1, -0.05) is 27.7 Å². The molecule has 2 nitrogen and oxygen atoms in total. The Labute approximate surface area is 81.1 Å². The number of hydrogen-bond donors (Lipinski definition) is 1. The summed E-state index contributed by atoms with van der Waals surface area (Å²) in [6, 6.07) is 0. The van der Waals surface area contributed by atoms with Gasteiger partial charge >= 0.3 is 0 Å². The van der Waals surface area contributed by atoms with E-state index in [0.717, 1.165) is 25.9 Å². The van der Waals surface area contributed by atoms with Crippen LogP contribution < -0.4 is 5.32 Å². The second kappa shape index (κ2) is 3.41. The quantitative estimate of drug-likeness (QED) is 0.673. The Morgan fingerprint density at radius 1 is 1.23 bits per heavy atom. The fraction of sp³-hybridized carbons (Fsp3) is 0.909. The predicted molar refractivity (Wildman–Crippen MR) is 54.7 cm³/mol. The molecule has 1 aliphatic rings. The molecule has 1 heterocycles. The summed E-state index contributed by atoms with van der Waals surface area (Å²) in [6.07, 6.45) is 1.98. The standard InChI is InChI=1S/C11H21NO/c1-10(2,3)9(13)11(4)5-7-12-8-6-11/h12H,5-8H2,1-4H3. The molecule has 1 saturated heterocycles. The molecule has 1 fully saturated rings. The predicted octanol–water partition coefficient (Wildman–Crippen LogP) is 1.99. The fourth-order valence-electron chi connectivity index (χ4n) is 2.11. The van der Waals surface area contributed by atoms with Crippen LogP contribution in [0, 0.1) is 10.8 Å². The summed E-state index contributed by atoms with van der Waals surface area (Å²) in [6.45, 7) is 10.1. The summed E-state index contributed by atoms with van der Waals surface area (Å²) in [5.74, 6) is 0.418. The van der Waals surface area contributed by atoms with Crippen LogP contribution in [0.25, 0.3) is 0 Å². The summed E-state index contributed by atoms with van der Waals surface area (Å²) in [4.78, 5) is 12.1. The van der Waals surface area contributed by atoms with E-state index in [1.165, 1.54) is 0 Å². The number of piperidine rings is 1. The number of rotatable bonds is 1. The van der Waals surface area contributed by atoms with Crippen LogP contribution in [0.5, 0.6) is 0 Å². The Morgan fingerprint density at radius 3 is 2.08 bits per heavy atom. The van der Waals surface area contributed by atoms with Gasteiger partial charge in [0.15, 0.2) is 0 Å². The Kier molecular flexibility index (Phi) is 2.81. The van der Waals surface area contributed by atoms with Crippen molar-refractivity contribution in [1.82, 2.24) is 5.32 Å². The fourth-order valence-corrected chi connectivity index (χ4v) is 2.11. The van der Waals surface area contributed by atoms with Crippen LogP contribution in [0.15, 0.2) is 0 Å². The molecule has 0 atom stereocenters. The molecule has 1 aliphatic heterocycles. The van der Waals surface area contributed by atoms with E-state index >= 15 is 0 Å². The first-order valence-electron chi connectivity index (χ1n) is 5.12. The highest BCUT2D eigenvalue weighted by molar-refractivity contribution is 5.89. The monoisotopic (exact) mass is 183 g/mol. The number of ketones is 1. The SMILES string of the molecule is CC(C)(C)C(=O)C1(C)CCNCC1. The molecule has 0 aliphatic carbocycles. The molecule has 1 rings (SSSR count). The van der Waals surface area contributed by atoms with E-state index in [2.05, 4.69) is 12.2 Å². The lowest BCUT2D eigenvalue weighted by Gasteiger charge is -2.37. The summed E-state index contributed by atoms with van der Waals surface area (Å²) in [5.41, 5.74) is -0.268. The van der Waals surface area contributed by atoms with Crippen molar-refractivity contribution in [2.75, 3.05) is 13.1 Å². The highest BCUT2D eigenvalue weighted by Gasteiger charge is 2.40. The number of Topliss-reactive ketones (excluding diaryl/α,β-unsaturated/α-hetero) is 1. The van der Waals surface area contributed by atoms with Gasteiger partial charge < -0.3 is 5.32 Å². The zero-order valence-corrected chi connectivity index (χ0v) is 9.24. The minimum absolute atomic E-state index is 0.0799. The van der Waals surface area contributed by atoms with Crippen LogP contribution >= 0.6 is 0 Å². The molecule has 0 saturated carbocycles. The zero-order chi connectivity index (χ0) is 10.1. The average Bonchev–Trinajstić information content (AvgIpc) is 2.03. The summed E-state index contributed by atoms with van der Waals surface area (Å²) in [7, 11) is 0. The largest absolute Gasteiger partial charge is 0.317 e. The number of nitrogens with one attached hydrogen (secondary N) is 1. The van der Waals surface area contributed by atoms with Gasteiger partial charge in [0.1, 0.15) is 5.78 Å². The van der Waals surface area contributed by atoms with Gasteiger partial charge in [-0.15, -0.1) is 0 Å². The smallest absolute Gasteiger partial charge is 0.144 e. The van der Waals surface area contributed by atoms with E-state index in [4.69, 9.17) is 0 Å². The number of carbonyl (C=O) groups excluding carboxylic acids is 1. The van der Waals surface area contributed by atoms with Gasteiger partial charge in [-0.3, -0.25) is 4.79 Å². The molecular formula is C11H21NO. The van der Waals surface area contributed by atoms with Crippen LogP contribution in [0.3, 0.4) is 0 Å². The second-order valence-corrected chi connectivity index (χ2v) is 5.39. The van der Waals surface area contributed by atoms with Crippen LogP contribution in [-0.2, 0) is 4.79 Å². The Bertz CT molecular complexity index is 197. The molecule has 13 heavy (non-hydrogen) atoms. The van der Waals surface area contributed by atoms with Crippen LogP contribution in [0.2, 0.25) is 0 Å². The minimum Gasteiger partial charge on any atom is -0.317 e. The molecule has 1 N–H and O–H groups in total. The Hall–Kier alpha value is -0.370. The van der Waals surface area contributed by atoms with E-state index in [-0.39, 0.29) is 10.8 Å². The van der Waals surface area contributed by atoms with Crippen molar-refractivity contribution in [3.63, 3.8) is 0 Å². The van der Waals surface area contributed by atoms with Crippen molar-refractivity contribution in [2.45, 2.75) is 40.5 Å². The van der Waals surface area contributed by atoms with Gasteiger partial charge in [0.25, 0.3) is 0 Å². The summed E-state index contributed by atoms with van der Waals surface area (Å²) in [5, 5.41) is 3.29. The van der Waals surface area contributed by atoms with Gasteiger partial charge in [-0.2, -0.15) is 0 Å². The molecule has 0 radical (unpaired) electrons. The topological polar surface area (TPSA) is 29.1 Å². The second-order valence-electron chi connectivity index (χ2n) is 5.39. The first kappa shape index (κ1) is 10.7. The summed E-state index contributed by atoms with van der Waals surface area (Å²) >= 11 is 0. The Morgan fingerprint density at radius 2 is 1.69 bits per heavy atom. The molecule has 76 valence electrons. The van der Waals surface area contributed by atoms with Crippen molar-refractivity contribution >= 4 is 5.78 Å². The first-order chi connectivity index (χ1) is 5.86. The van der Waals surface area contributed by atoms with Crippen molar-refractivity contribution in [1.29, 1.82) is 0 Å². The summed E-state index contributed by atoms with van der Waals surface area (Å²) < 4.78 is 0. The molecule has 0 bridgehead atoms. The molecule has 0 spiro atoms. The molecule has 0 aromatic rings. The molecular weight excluding hydrogens is 162 g/mol. The van der Waals surface area contributed by atoms with Gasteiger partial charge in [0, 0.05) is 10.8 Å². The first-order valence-corrected chi connectivity index (χ1v) is 5.12. The third-order valence-corrected chi connectivity index (χ3v) is 2.94. The van der Waals surface area contributed by atoms with E-state index in [1.54, 1.807) is 0 Å². The van der Waals surface area contributed by atoms with E-state index in [0.29, 0.717) is 5.78 Å². The lowest BCUT2D eigenvalue weighted by atomic mass is 9.69. The van der Waals surface area contributed by atoms with E-state index in [9.17, 15) is 4.79 Å². The van der Waals surface area contributed by atoms with Crippen LogP contribution in [0.4, 0.5) is 0 Å². The van der Waals surface area contributed by atoms with Crippen molar-refractivity contribution in [3.05, 3.63) is 0 Å². The number of hydrogen-bond acceptors (Lipinski definition) is 2. The van der Waals surface area contributed by atoms with Gasteiger partial charge in [-0.05, 0) is 25.9 Å². The average molecular weight is 183 g/mol. The van der Waals surface area contributed by atoms with Crippen LogP contribution in [-0.4, -0.2) is 18.9 Å². The maximum absolute atomic E-state index is 12.1. The molecule has 2 heteroatoms. The zero-order valence-electron chi connectivity index (χ0n) is 9.24. The third kappa shape index (κ3) is 2.31. The maximum atomic E-state index is 12.1. The lowest BCUT2D eigenvalue weighted by molar-refractivity contribution is -0.137. The van der Waals surface area contributed by atoms with Gasteiger partial charge in [0.05, 0.1) is 0 Å². The number of carbonyl (C=O) groups is 1. The molecule has 0 aromatic heterocycles. The lowest BCUT2D eigenvalue weighted by Crippen LogP contribution is -2.44. The van der Waals surface area contributed by atoms with E-state index in [1.807, 2.05) is 20.8 Å². The normalized spacial score (nSPS) is 22.8. The van der Waals surface area contributed by atoms with Crippen molar-refractivity contribution < 1.29 is 4.79 Å². The highest BCUT2D eigenvalue weighted by Crippen LogP contribution is 2.36. The maximum Gasteiger partial charge on any atom is 0.144 e. The Balaban J connectivity index is 2.73. The molecule has 0 unspecified atom stereocenters. The minimum atomic E-state index is -0.188. The van der Waals surface area contributed by atoms with Gasteiger partial charge in [0.2, 0.25) is 0 Å². The highest BCUT2D eigenvalue weighted by atomic mass is 16.1.